The Bertz CT molecular complexity index is 244. The van der Waals surface area contributed by atoms with E-state index in [2.05, 4.69) is 0 Å². The monoisotopic (exact) mass is 207 g/mol. The molecule has 0 aliphatic heterocycles. The minimum absolute atomic E-state index is 0.121. The molecule has 0 N–H and O–H groups in total. The van der Waals surface area contributed by atoms with Crippen LogP contribution in [0.4, 0.5) is 0 Å². The van der Waals surface area contributed by atoms with Crippen LogP contribution in [0.3, 0.4) is 0 Å². The highest BCUT2D eigenvalue weighted by Gasteiger charge is 2.48. The zero-order valence-electron chi connectivity index (χ0n) is 9.37. The first-order chi connectivity index (χ1) is 7.22. The number of esters is 1. The van der Waals surface area contributed by atoms with E-state index in [4.69, 9.17) is 4.74 Å². The first kappa shape index (κ1) is 9.68. The maximum Gasteiger partial charge on any atom is 0.302 e. The van der Waals surface area contributed by atoms with Gasteiger partial charge in [-0.25, -0.2) is 0 Å². The third-order valence-electron chi connectivity index (χ3n) is 4.60. The number of carbonyl (C=O) groups is 1. The van der Waals surface area contributed by atoms with E-state index in [9.17, 15) is 4.79 Å². The Hall–Kier alpha value is -0.530. The summed E-state index contributed by atoms with van der Waals surface area (Å²) in [5, 5.41) is 0. The maximum absolute atomic E-state index is 10.8. The molecule has 0 amide bonds. The van der Waals surface area contributed by atoms with Gasteiger partial charge in [-0.3, -0.25) is 4.79 Å². The van der Waals surface area contributed by atoms with E-state index in [1.54, 1.807) is 5.92 Å². The molecule has 15 heavy (non-hydrogen) atoms. The molecule has 0 heterocycles. The van der Waals surface area contributed by atoms with Gasteiger partial charge in [0.05, 0.1) is 6.61 Å². The molecule has 4 aliphatic rings. The summed E-state index contributed by atoms with van der Waals surface area (Å²) < 4.78 is 5.21. The summed E-state index contributed by atoms with van der Waals surface area (Å²) >= 11 is 0. The van der Waals surface area contributed by atoms with Gasteiger partial charge in [0, 0.05) is 12.8 Å². The molecule has 0 aromatic heterocycles. The van der Waals surface area contributed by atoms with Crippen LogP contribution < -0.4 is 0 Å². The molecule has 2 nitrogen and oxygen atoms in total. The van der Waals surface area contributed by atoms with Gasteiger partial charge in [0.2, 0.25) is 0 Å². The fourth-order valence-electron chi connectivity index (χ4n) is 4.20. The van der Waals surface area contributed by atoms with Crippen LogP contribution in [-0.4, -0.2) is 12.6 Å². The van der Waals surface area contributed by atoms with Crippen molar-refractivity contribution in [1.29, 1.82) is 0 Å². The highest BCUT2D eigenvalue weighted by molar-refractivity contribution is 5.65. The van der Waals surface area contributed by atoms with Crippen LogP contribution in [0.2, 0.25) is 0 Å². The number of ether oxygens (including phenoxy) is 1. The first-order valence-corrected chi connectivity index (χ1v) is 6.20. The summed E-state index contributed by atoms with van der Waals surface area (Å²) in [6.07, 6.45) is 6.93. The SMILES string of the molecule is CC(=O)OCC1[C]2CC3CC(C2)CC1C3. The highest BCUT2D eigenvalue weighted by Crippen LogP contribution is 2.57. The van der Waals surface area contributed by atoms with Crippen LogP contribution in [0.15, 0.2) is 0 Å². The third-order valence-corrected chi connectivity index (χ3v) is 4.60. The Balaban J connectivity index is 1.67. The van der Waals surface area contributed by atoms with Gasteiger partial charge in [-0.1, -0.05) is 0 Å². The molecular weight excluding hydrogens is 188 g/mol. The Morgan fingerprint density at radius 1 is 1.27 bits per heavy atom. The molecule has 83 valence electrons. The predicted molar refractivity (Wildman–Crippen MR) is 56.9 cm³/mol. The van der Waals surface area contributed by atoms with Crippen molar-refractivity contribution in [3.8, 4) is 0 Å². The summed E-state index contributed by atoms with van der Waals surface area (Å²) in [6.45, 7) is 2.18. The van der Waals surface area contributed by atoms with E-state index in [0.717, 1.165) is 17.8 Å². The van der Waals surface area contributed by atoms with Crippen molar-refractivity contribution in [2.24, 2.45) is 23.7 Å². The fourth-order valence-corrected chi connectivity index (χ4v) is 4.20. The molecule has 0 aromatic carbocycles. The maximum atomic E-state index is 10.8. The van der Waals surface area contributed by atoms with E-state index in [-0.39, 0.29) is 5.97 Å². The molecule has 4 saturated carbocycles. The number of hydrogen-bond acceptors (Lipinski definition) is 2. The van der Waals surface area contributed by atoms with Crippen molar-refractivity contribution in [2.45, 2.75) is 39.0 Å². The van der Waals surface area contributed by atoms with Gasteiger partial charge in [-0.15, -0.1) is 0 Å². The van der Waals surface area contributed by atoms with Crippen molar-refractivity contribution in [3.63, 3.8) is 0 Å². The van der Waals surface area contributed by atoms with Crippen molar-refractivity contribution >= 4 is 5.97 Å². The average Bonchev–Trinajstić information content (AvgIpc) is 2.14. The van der Waals surface area contributed by atoms with Gasteiger partial charge in [0.15, 0.2) is 0 Å². The van der Waals surface area contributed by atoms with Gasteiger partial charge in [0.1, 0.15) is 0 Å². The average molecular weight is 207 g/mol. The van der Waals surface area contributed by atoms with Crippen LogP contribution in [-0.2, 0) is 9.53 Å². The lowest BCUT2D eigenvalue weighted by Crippen LogP contribution is -2.45. The predicted octanol–water partition coefficient (Wildman–Crippen LogP) is 2.58. The number of hydrogen-bond donors (Lipinski definition) is 0. The van der Waals surface area contributed by atoms with Crippen LogP contribution in [0.5, 0.6) is 0 Å². The van der Waals surface area contributed by atoms with Gasteiger partial charge in [-0.2, -0.15) is 0 Å². The minimum atomic E-state index is -0.121. The molecular formula is C13H19O2. The Morgan fingerprint density at radius 2 is 1.93 bits per heavy atom. The van der Waals surface area contributed by atoms with Gasteiger partial charge < -0.3 is 4.74 Å². The van der Waals surface area contributed by atoms with E-state index in [0.29, 0.717) is 12.5 Å². The standard InChI is InChI=1S/C13H19O2/c1-8(14)15-7-13-11-3-9-2-10(5-11)6-12(13)4-9/h9-11,13H,2-7H2,1H3. The van der Waals surface area contributed by atoms with Gasteiger partial charge >= 0.3 is 5.97 Å². The largest absolute Gasteiger partial charge is 0.466 e. The summed E-state index contributed by atoms with van der Waals surface area (Å²) in [6, 6.07) is 0. The second kappa shape index (κ2) is 3.50. The molecule has 0 spiro atoms. The normalized spacial score (nSPS) is 43.3. The summed E-state index contributed by atoms with van der Waals surface area (Å²) in [5.74, 6) is 5.01. The highest BCUT2D eigenvalue weighted by atomic mass is 16.5. The molecule has 0 aromatic rings. The molecule has 0 saturated heterocycles. The second-order valence-electron chi connectivity index (χ2n) is 5.67. The molecule has 3 unspecified atom stereocenters. The first-order valence-electron chi connectivity index (χ1n) is 6.20. The summed E-state index contributed by atoms with van der Waals surface area (Å²) in [4.78, 5) is 10.8. The smallest absolute Gasteiger partial charge is 0.302 e. The van der Waals surface area contributed by atoms with Gasteiger partial charge in [-0.05, 0) is 55.8 Å². The van der Waals surface area contributed by atoms with Crippen molar-refractivity contribution in [3.05, 3.63) is 5.92 Å². The lowest BCUT2D eigenvalue weighted by atomic mass is 9.52. The number of carbonyl (C=O) groups excluding carboxylic acids is 1. The van der Waals surface area contributed by atoms with E-state index in [1.165, 1.54) is 39.0 Å². The molecule has 1 radical (unpaired) electrons. The molecule has 3 atom stereocenters. The Labute approximate surface area is 91.4 Å². The minimum Gasteiger partial charge on any atom is -0.466 e. The van der Waals surface area contributed by atoms with Crippen molar-refractivity contribution < 1.29 is 9.53 Å². The molecule has 4 aliphatic carbocycles. The molecule has 2 heteroatoms. The van der Waals surface area contributed by atoms with Crippen LogP contribution in [0.25, 0.3) is 0 Å². The molecule has 4 bridgehead atoms. The molecule has 4 rings (SSSR count). The topological polar surface area (TPSA) is 26.3 Å². The Kier molecular flexibility index (Phi) is 2.26. The second-order valence-corrected chi connectivity index (χ2v) is 5.67. The summed E-state index contributed by atoms with van der Waals surface area (Å²) in [7, 11) is 0. The van der Waals surface area contributed by atoms with E-state index < -0.39 is 0 Å². The van der Waals surface area contributed by atoms with Crippen molar-refractivity contribution in [1.82, 2.24) is 0 Å². The van der Waals surface area contributed by atoms with Crippen LogP contribution in [0, 0.1) is 29.6 Å². The lowest BCUT2D eigenvalue weighted by Gasteiger charge is -2.53. The fraction of sp³-hybridized carbons (Fsp3) is 0.846. The number of rotatable bonds is 2. The van der Waals surface area contributed by atoms with E-state index in [1.807, 2.05) is 0 Å². The zero-order chi connectivity index (χ0) is 10.4. The quantitative estimate of drug-likeness (QED) is 0.650. The van der Waals surface area contributed by atoms with Crippen LogP contribution in [0.1, 0.15) is 39.0 Å². The van der Waals surface area contributed by atoms with Crippen molar-refractivity contribution in [2.75, 3.05) is 6.61 Å². The lowest BCUT2D eigenvalue weighted by molar-refractivity contribution is -0.144. The molecule has 4 fully saturated rings. The van der Waals surface area contributed by atoms with Crippen LogP contribution >= 0.6 is 0 Å². The summed E-state index contributed by atoms with van der Waals surface area (Å²) in [5.41, 5.74) is 0. The van der Waals surface area contributed by atoms with Gasteiger partial charge in [0.25, 0.3) is 0 Å². The third kappa shape index (κ3) is 1.68. The Morgan fingerprint density at radius 3 is 2.47 bits per heavy atom. The zero-order valence-corrected chi connectivity index (χ0v) is 9.37. The van der Waals surface area contributed by atoms with E-state index >= 15 is 0 Å².